The van der Waals surface area contributed by atoms with E-state index in [1.54, 1.807) is 18.2 Å². The molecule has 0 bridgehead atoms. The molecule has 94 valence electrons. The molecule has 2 rings (SSSR count). The molecule has 1 aliphatic rings. The molecule has 2 radical (unpaired) electrons. The topological polar surface area (TPSA) is 24.4 Å². The van der Waals surface area contributed by atoms with Crippen LogP contribution in [-0.4, -0.2) is 13.6 Å². The lowest BCUT2D eigenvalue weighted by molar-refractivity contribution is 0.628. The summed E-state index contributed by atoms with van der Waals surface area (Å²) in [6.45, 7) is 6.19. The Morgan fingerprint density at radius 3 is 2.28 bits per heavy atom. The lowest BCUT2D eigenvalue weighted by Crippen LogP contribution is -2.13. The van der Waals surface area contributed by atoms with Crippen LogP contribution in [0, 0.1) is 5.41 Å². The Labute approximate surface area is 119 Å². The van der Waals surface area contributed by atoms with Crippen molar-refractivity contribution < 1.29 is 0 Å². The van der Waals surface area contributed by atoms with Crippen LogP contribution in [0.5, 0.6) is 0 Å². The fraction of sp³-hybridized carbons (Fsp3) is 0.462. The molecule has 18 heavy (non-hydrogen) atoms. The highest BCUT2D eigenvalue weighted by atomic mass is 35.5. The van der Waals surface area contributed by atoms with Crippen molar-refractivity contribution in [3.05, 3.63) is 28.2 Å². The van der Waals surface area contributed by atoms with E-state index in [2.05, 4.69) is 24.4 Å². The van der Waals surface area contributed by atoms with Crippen molar-refractivity contribution in [1.82, 2.24) is 0 Å². The first-order valence-corrected chi connectivity index (χ1v) is 6.57. The maximum absolute atomic E-state index is 6.27. The van der Waals surface area contributed by atoms with E-state index in [9.17, 15) is 0 Å². The van der Waals surface area contributed by atoms with Gasteiger partial charge in [0.15, 0.2) is 0 Å². The smallest absolute Gasteiger partial charge is 0.0934 e. The molecule has 1 aliphatic carbocycles. The average molecular weight is 281 g/mol. The number of para-hydroxylation sites is 1. The average Bonchev–Trinajstić information content (AvgIpc) is 2.78. The number of benzene rings is 1. The van der Waals surface area contributed by atoms with E-state index in [-0.39, 0.29) is 10.7 Å². The Balaban J connectivity index is 2.17. The van der Waals surface area contributed by atoms with Crippen LogP contribution in [-0.2, 0) is 0 Å². The number of hydrogen-bond acceptors (Lipinski definition) is 2. The third-order valence-electron chi connectivity index (χ3n) is 3.75. The van der Waals surface area contributed by atoms with Gasteiger partial charge in [-0.05, 0) is 36.2 Å². The van der Waals surface area contributed by atoms with Crippen LogP contribution in [0.4, 0.5) is 5.69 Å². The second-order valence-corrected chi connectivity index (χ2v) is 6.25. The maximum atomic E-state index is 6.27. The van der Waals surface area contributed by atoms with Crippen LogP contribution in [0.25, 0.3) is 0 Å². The molecule has 1 aromatic rings. The number of hydrogen-bond donors (Lipinski definition) is 1. The highest BCUT2D eigenvalue weighted by Crippen LogP contribution is 2.68. The normalized spacial score (nSPS) is 25.9. The SMILES string of the molecule is [B]C1(/C(C)=N/Nc2c(Cl)cccc2Cl)CC1(C)C. The highest BCUT2D eigenvalue weighted by molar-refractivity contribution is 6.39. The number of nitrogens with zero attached hydrogens (tertiary/aromatic N) is 1. The predicted molar refractivity (Wildman–Crippen MR) is 80.0 cm³/mol. The van der Waals surface area contributed by atoms with Crippen molar-refractivity contribution in [2.75, 3.05) is 5.43 Å². The van der Waals surface area contributed by atoms with E-state index in [1.165, 1.54) is 0 Å². The van der Waals surface area contributed by atoms with E-state index in [0.29, 0.717) is 15.7 Å². The zero-order valence-electron chi connectivity index (χ0n) is 10.7. The minimum Gasteiger partial charge on any atom is -0.276 e. The summed E-state index contributed by atoms with van der Waals surface area (Å²) in [5.74, 6) is 0. The van der Waals surface area contributed by atoms with Gasteiger partial charge in [0.25, 0.3) is 0 Å². The molecule has 1 unspecified atom stereocenters. The van der Waals surface area contributed by atoms with Gasteiger partial charge in [-0.15, -0.1) is 0 Å². The molecule has 1 atom stereocenters. The summed E-state index contributed by atoms with van der Waals surface area (Å²) in [7, 11) is 6.27. The third-order valence-corrected chi connectivity index (χ3v) is 4.38. The lowest BCUT2D eigenvalue weighted by atomic mass is 9.73. The van der Waals surface area contributed by atoms with E-state index < -0.39 is 0 Å². The Morgan fingerprint density at radius 1 is 1.33 bits per heavy atom. The first-order chi connectivity index (χ1) is 8.28. The van der Waals surface area contributed by atoms with Crippen LogP contribution in [0.1, 0.15) is 27.2 Å². The van der Waals surface area contributed by atoms with Gasteiger partial charge in [-0.3, -0.25) is 5.43 Å². The van der Waals surface area contributed by atoms with Gasteiger partial charge in [0.2, 0.25) is 0 Å². The summed E-state index contributed by atoms with van der Waals surface area (Å²) in [6.07, 6.45) is 0.938. The first kappa shape index (κ1) is 13.8. The van der Waals surface area contributed by atoms with Crippen LogP contribution < -0.4 is 5.43 Å². The quantitative estimate of drug-likeness (QED) is 0.491. The standard InChI is InChI=1S/C13H15BCl2N2/c1-8(13(14)7-12(13,2)3)17-18-11-9(15)5-4-6-10(11)16/h4-6,18H,7H2,1-3H3/b17-8+. The summed E-state index contributed by atoms with van der Waals surface area (Å²) >= 11 is 12.1. The van der Waals surface area contributed by atoms with Gasteiger partial charge in [-0.1, -0.05) is 43.1 Å². The molecular weight excluding hydrogens is 266 g/mol. The minimum absolute atomic E-state index is 0.104. The molecule has 1 aromatic carbocycles. The molecule has 0 amide bonds. The van der Waals surface area contributed by atoms with Crippen molar-refractivity contribution in [1.29, 1.82) is 0 Å². The van der Waals surface area contributed by atoms with E-state index in [4.69, 9.17) is 31.0 Å². The fourth-order valence-electron chi connectivity index (χ4n) is 2.11. The monoisotopic (exact) mass is 280 g/mol. The number of anilines is 1. The Kier molecular flexibility index (Phi) is 3.41. The zero-order chi connectivity index (χ0) is 13.6. The zero-order valence-corrected chi connectivity index (χ0v) is 12.2. The van der Waals surface area contributed by atoms with Crippen molar-refractivity contribution in [3.63, 3.8) is 0 Å². The maximum Gasteiger partial charge on any atom is 0.0934 e. The molecule has 5 heteroatoms. The summed E-state index contributed by atoms with van der Waals surface area (Å²) in [5.41, 5.74) is 4.49. The summed E-state index contributed by atoms with van der Waals surface area (Å²) in [5, 5.41) is 5.08. The van der Waals surface area contributed by atoms with Crippen molar-refractivity contribution >= 4 is 42.4 Å². The summed E-state index contributed by atoms with van der Waals surface area (Å²) in [4.78, 5) is 0. The van der Waals surface area contributed by atoms with Gasteiger partial charge in [0, 0.05) is 5.71 Å². The number of halogens is 2. The van der Waals surface area contributed by atoms with Gasteiger partial charge in [-0.2, -0.15) is 5.10 Å². The largest absolute Gasteiger partial charge is 0.276 e. The summed E-state index contributed by atoms with van der Waals surface area (Å²) in [6, 6.07) is 5.32. The minimum atomic E-state index is -0.326. The van der Waals surface area contributed by atoms with Crippen LogP contribution in [0.3, 0.4) is 0 Å². The molecule has 1 saturated carbocycles. The second kappa shape index (κ2) is 4.46. The Hall–Kier alpha value is -0.665. The lowest BCUT2D eigenvalue weighted by Gasteiger charge is -2.15. The number of rotatable bonds is 3. The molecule has 0 heterocycles. The summed E-state index contributed by atoms with van der Waals surface area (Å²) < 4.78 is 0. The highest BCUT2D eigenvalue weighted by Gasteiger charge is 2.58. The Morgan fingerprint density at radius 2 is 1.83 bits per heavy atom. The van der Waals surface area contributed by atoms with Crippen LogP contribution in [0.15, 0.2) is 23.3 Å². The Bertz CT molecular complexity index is 493. The molecular formula is C13H15BCl2N2. The van der Waals surface area contributed by atoms with Gasteiger partial charge < -0.3 is 0 Å². The van der Waals surface area contributed by atoms with Gasteiger partial charge >= 0.3 is 0 Å². The van der Waals surface area contributed by atoms with Gasteiger partial charge in [-0.25, -0.2) is 0 Å². The molecule has 0 aromatic heterocycles. The van der Waals surface area contributed by atoms with Crippen molar-refractivity contribution in [3.8, 4) is 0 Å². The van der Waals surface area contributed by atoms with Gasteiger partial charge in [0.1, 0.15) is 0 Å². The van der Waals surface area contributed by atoms with Crippen LogP contribution in [0.2, 0.25) is 15.4 Å². The second-order valence-electron chi connectivity index (χ2n) is 5.44. The molecule has 0 aliphatic heterocycles. The van der Waals surface area contributed by atoms with Gasteiger partial charge in [0.05, 0.1) is 23.6 Å². The van der Waals surface area contributed by atoms with Crippen molar-refractivity contribution in [2.45, 2.75) is 32.5 Å². The first-order valence-electron chi connectivity index (χ1n) is 5.81. The van der Waals surface area contributed by atoms with Crippen LogP contribution >= 0.6 is 23.2 Å². The van der Waals surface area contributed by atoms with Crippen molar-refractivity contribution in [2.24, 2.45) is 10.5 Å². The molecule has 2 nitrogen and oxygen atoms in total. The van der Waals surface area contributed by atoms with E-state index in [1.807, 2.05) is 6.92 Å². The van der Waals surface area contributed by atoms with E-state index in [0.717, 1.165) is 12.1 Å². The molecule has 1 N–H and O–H groups in total. The third kappa shape index (κ3) is 2.26. The molecule has 0 saturated heterocycles. The molecule has 0 spiro atoms. The number of nitrogens with one attached hydrogen (secondary N) is 1. The van der Waals surface area contributed by atoms with E-state index >= 15 is 0 Å². The fourth-order valence-corrected chi connectivity index (χ4v) is 2.60. The molecule has 1 fully saturated rings. The number of hydrazone groups is 1. The predicted octanol–water partition coefficient (Wildman–Crippen LogP) is 4.54.